The lowest BCUT2D eigenvalue weighted by molar-refractivity contribution is 0.0601. The molecule has 0 saturated carbocycles. The van der Waals surface area contributed by atoms with Crippen LogP contribution in [0.3, 0.4) is 0 Å². The third-order valence-electron chi connectivity index (χ3n) is 4.49. The highest BCUT2D eigenvalue weighted by Gasteiger charge is 2.26. The number of aromatic nitrogens is 2. The minimum absolute atomic E-state index is 0.175. The number of anilines is 1. The van der Waals surface area contributed by atoms with Crippen molar-refractivity contribution in [3.8, 4) is 0 Å². The van der Waals surface area contributed by atoms with Crippen LogP contribution >= 0.6 is 39.5 Å². The van der Waals surface area contributed by atoms with Crippen LogP contribution in [0.25, 0.3) is 0 Å². The first-order chi connectivity index (χ1) is 14.1. The van der Waals surface area contributed by atoms with E-state index in [1.807, 2.05) is 18.5 Å². The summed E-state index contributed by atoms with van der Waals surface area (Å²) in [7, 11) is 4.64. The lowest BCUT2D eigenvalue weighted by Crippen LogP contribution is -2.30. The Morgan fingerprint density at radius 1 is 1.30 bits per heavy atom. The number of nitrogens with one attached hydrogen (secondary N) is 2. The Morgan fingerprint density at radius 3 is 2.50 bits per heavy atom. The minimum atomic E-state index is -0.512. The zero-order chi connectivity index (χ0) is 22.6. The first-order valence-electron chi connectivity index (χ1n) is 9.26. The van der Waals surface area contributed by atoms with E-state index < -0.39 is 5.97 Å². The Hall–Kier alpha value is -1.98. The zero-order valence-electron chi connectivity index (χ0n) is 17.9. The number of carbonyl (C=O) groups excluding carboxylic acids is 2. The van der Waals surface area contributed by atoms with Gasteiger partial charge in [-0.05, 0) is 60.9 Å². The molecule has 164 valence electrons. The number of hydrogen-bond acceptors (Lipinski definition) is 6. The van der Waals surface area contributed by atoms with E-state index in [1.54, 1.807) is 21.0 Å². The van der Waals surface area contributed by atoms with Gasteiger partial charge in [-0.3, -0.25) is 9.48 Å². The average molecular weight is 516 g/mol. The van der Waals surface area contributed by atoms with Crippen molar-refractivity contribution in [2.24, 2.45) is 0 Å². The van der Waals surface area contributed by atoms with E-state index in [4.69, 9.17) is 17.0 Å². The molecule has 30 heavy (non-hydrogen) atoms. The van der Waals surface area contributed by atoms with Crippen LogP contribution in [0.2, 0.25) is 0 Å². The smallest absolute Gasteiger partial charge is 0.341 e. The van der Waals surface area contributed by atoms with Crippen molar-refractivity contribution in [2.75, 3.05) is 33.1 Å². The van der Waals surface area contributed by atoms with Crippen molar-refractivity contribution in [3.63, 3.8) is 0 Å². The molecule has 0 unspecified atom stereocenters. The van der Waals surface area contributed by atoms with Gasteiger partial charge in [0.1, 0.15) is 5.00 Å². The molecule has 2 aromatic heterocycles. The molecule has 0 atom stereocenters. The number of thiocarbonyl (C=S) groups is 1. The van der Waals surface area contributed by atoms with Crippen LogP contribution < -0.4 is 10.6 Å². The first-order valence-corrected chi connectivity index (χ1v) is 11.3. The summed E-state index contributed by atoms with van der Waals surface area (Å²) in [4.78, 5) is 26.6. The van der Waals surface area contributed by atoms with Crippen LogP contribution in [0.5, 0.6) is 0 Å². The van der Waals surface area contributed by atoms with Crippen LogP contribution in [0.15, 0.2) is 4.47 Å². The number of carbonyl (C=O) groups is 2. The molecule has 0 aliphatic heterocycles. The maximum atomic E-state index is 12.4. The van der Waals surface area contributed by atoms with Gasteiger partial charge in [0.2, 0.25) is 0 Å². The van der Waals surface area contributed by atoms with E-state index in [2.05, 4.69) is 31.7 Å². The fourth-order valence-electron chi connectivity index (χ4n) is 2.83. The molecule has 2 aromatic rings. The number of thiophene rings is 1. The van der Waals surface area contributed by atoms with Crippen molar-refractivity contribution >= 4 is 61.5 Å². The molecule has 2 N–H and O–H groups in total. The summed E-state index contributed by atoms with van der Waals surface area (Å²) >= 11 is 10.1. The second kappa shape index (κ2) is 10.4. The Balaban J connectivity index is 2.03. The second-order valence-electron chi connectivity index (χ2n) is 6.89. The van der Waals surface area contributed by atoms with Gasteiger partial charge in [0.05, 0.1) is 27.7 Å². The number of hydrogen-bond donors (Lipinski definition) is 2. The van der Waals surface area contributed by atoms with Gasteiger partial charge in [-0.25, -0.2) is 4.79 Å². The fourth-order valence-corrected chi connectivity index (χ4v) is 4.60. The zero-order valence-corrected chi connectivity index (χ0v) is 21.1. The van der Waals surface area contributed by atoms with Gasteiger partial charge in [-0.2, -0.15) is 5.10 Å². The SMILES string of the molecule is COC(=O)c1c(NC(=S)NCCCn2nc(C)c(Br)c2C)sc(C(=O)N(C)C)c1C. The van der Waals surface area contributed by atoms with E-state index >= 15 is 0 Å². The molecule has 1 amide bonds. The summed E-state index contributed by atoms with van der Waals surface area (Å²) in [6, 6.07) is 0. The van der Waals surface area contributed by atoms with Gasteiger partial charge in [0, 0.05) is 32.9 Å². The summed E-state index contributed by atoms with van der Waals surface area (Å²) in [6.45, 7) is 7.09. The van der Waals surface area contributed by atoms with Gasteiger partial charge >= 0.3 is 5.97 Å². The van der Waals surface area contributed by atoms with Gasteiger partial charge in [-0.1, -0.05) is 0 Å². The molecule has 2 heterocycles. The Labute approximate surface area is 194 Å². The Kier molecular flexibility index (Phi) is 8.39. The number of nitrogens with zero attached hydrogens (tertiary/aromatic N) is 3. The van der Waals surface area contributed by atoms with Crippen LogP contribution in [0, 0.1) is 20.8 Å². The number of ether oxygens (including phenoxy) is 1. The molecular weight excluding hydrogens is 490 g/mol. The van der Waals surface area contributed by atoms with Crippen molar-refractivity contribution in [3.05, 3.63) is 31.9 Å². The van der Waals surface area contributed by atoms with Gasteiger partial charge in [-0.15, -0.1) is 11.3 Å². The third-order valence-corrected chi connectivity index (χ3v) is 7.08. The number of methoxy groups -OCH3 is 1. The highest BCUT2D eigenvalue weighted by molar-refractivity contribution is 9.10. The molecule has 8 nitrogen and oxygen atoms in total. The number of aryl methyl sites for hydroxylation is 2. The second-order valence-corrected chi connectivity index (χ2v) is 9.12. The van der Waals surface area contributed by atoms with Crippen LogP contribution in [0.1, 0.15) is 43.4 Å². The predicted molar refractivity (Wildman–Crippen MR) is 127 cm³/mol. The summed E-state index contributed by atoms with van der Waals surface area (Å²) in [5.74, 6) is -0.687. The molecule has 0 bridgehead atoms. The molecule has 0 fully saturated rings. The molecule has 0 aliphatic carbocycles. The number of halogens is 1. The predicted octanol–water partition coefficient (Wildman–Crippen LogP) is 3.50. The number of amides is 1. The normalized spacial score (nSPS) is 10.6. The summed E-state index contributed by atoms with van der Waals surface area (Å²) in [5.41, 5.74) is 2.95. The van der Waals surface area contributed by atoms with Crippen LogP contribution in [-0.4, -0.2) is 59.4 Å². The lowest BCUT2D eigenvalue weighted by atomic mass is 10.1. The van der Waals surface area contributed by atoms with E-state index in [9.17, 15) is 9.59 Å². The average Bonchev–Trinajstić information content (AvgIpc) is 3.14. The largest absolute Gasteiger partial charge is 0.465 e. The molecule has 0 aromatic carbocycles. The van der Waals surface area contributed by atoms with Crippen molar-refractivity contribution in [2.45, 2.75) is 33.7 Å². The van der Waals surface area contributed by atoms with E-state index in [1.165, 1.54) is 23.3 Å². The lowest BCUT2D eigenvalue weighted by Gasteiger charge is -2.11. The molecule has 0 saturated heterocycles. The monoisotopic (exact) mass is 515 g/mol. The van der Waals surface area contributed by atoms with E-state index in [0.717, 1.165) is 28.8 Å². The van der Waals surface area contributed by atoms with E-state index in [0.29, 0.717) is 32.7 Å². The van der Waals surface area contributed by atoms with Crippen molar-refractivity contribution < 1.29 is 14.3 Å². The van der Waals surface area contributed by atoms with Gasteiger partial charge < -0.3 is 20.3 Å². The summed E-state index contributed by atoms with van der Waals surface area (Å²) in [5, 5.41) is 11.5. The Bertz CT molecular complexity index is 968. The fraction of sp³-hybridized carbons (Fsp3) is 0.474. The van der Waals surface area contributed by atoms with Gasteiger partial charge in [0.15, 0.2) is 5.11 Å². The van der Waals surface area contributed by atoms with Crippen LogP contribution in [0.4, 0.5) is 5.00 Å². The van der Waals surface area contributed by atoms with E-state index in [-0.39, 0.29) is 5.91 Å². The molecule has 0 aliphatic rings. The maximum absolute atomic E-state index is 12.4. The first kappa shape index (κ1) is 24.3. The highest BCUT2D eigenvalue weighted by atomic mass is 79.9. The molecule has 0 spiro atoms. The standard InChI is InChI=1S/C19H26BrN5O3S2/c1-10-13(18(27)28-6)16(30-15(10)17(26)24(4)5)22-19(29)21-8-7-9-25-12(3)14(20)11(2)23-25/h7-9H2,1-6H3,(H2,21,22,29). The van der Waals surface area contributed by atoms with Crippen molar-refractivity contribution in [1.82, 2.24) is 20.0 Å². The van der Waals surface area contributed by atoms with Crippen molar-refractivity contribution in [1.29, 1.82) is 0 Å². The maximum Gasteiger partial charge on any atom is 0.341 e. The summed E-state index contributed by atoms with van der Waals surface area (Å²) < 4.78 is 7.87. The minimum Gasteiger partial charge on any atom is -0.465 e. The number of rotatable bonds is 7. The van der Waals surface area contributed by atoms with Crippen LogP contribution in [-0.2, 0) is 11.3 Å². The molecule has 0 radical (unpaired) electrons. The highest BCUT2D eigenvalue weighted by Crippen LogP contribution is 2.34. The molecule has 2 rings (SSSR count). The summed E-state index contributed by atoms with van der Waals surface area (Å²) in [6.07, 6.45) is 0.813. The third kappa shape index (κ3) is 5.38. The topological polar surface area (TPSA) is 88.5 Å². The molecular formula is C19H26BrN5O3S2. The van der Waals surface area contributed by atoms with Gasteiger partial charge in [0.25, 0.3) is 5.91 Å². The quantitative estimate of drug-likeness (QED) is 0.331. The number of esters is 1. The molecule has 11 heteroatoms. The Morgan fingerprint density at radius 2 is 1.97 bits per heavy atom.